The van der Waals surface area contributed by atoms with Crippen LogP contribution in [0.3, 0.4) is 0 Å². The van der Waals surface area contributed by atoms with Crippen molar-refractivity contribution < 1.29 is 19.1 Å². The quantitative estimate of drug-likeness (QED) is 0.753. The number of Topliss-reactive ketones (excluding diaryl/α,β-unsaturated/α-hetero) is 1. The number of anilines is 1. The number of benzene rings is 2. The predicted octanol–water partition coefficient (Wildman–Crippen LogP) is 4.07. The van der Waals surface area contributed by atoms with Gasteiger partial charge in [0.25, 0.3) is 5.91 Å². The Morgan fingerprint density at radius 2 is 1.88 bits per heavy atom. The summed E-state index contributed by atoms with van der Waals surface area (Å²) in [5.41, 5.74) is 1.19. The van der Waals surface area contributed by atoms with Gasteiger partial charge in [-0.05, 0) is 50.2 Å². The van der Waals surface area contributed by atoms with Gasteiger partial charge < -0.3 is 14.8 Å². The fourth-order valence-electron chi connectivity index (χ4n) is 2.04. The van der Waals surface area contributed by atoms with Crippen LogP contribution in [-0.4, -0.2) is 24.9 Å². The summed E-state index contributed by atoms with van der Waals surface area (Å²) in [6.07, 6.45) is -0.735. The molecule has 1 amide bonds. The van der Waals surface area contributed by atoms with Crippen LogP contribution >= 0.6 is 15.9 Å². The summed E-state index contributed by atoms with van der Waals surface area (Å²) < 4.78 is 11.8. The molecule has 126 valence electrons. The van der Waals surface area contributed by atoms with Gasteiger partial charge in [0.15, 0.2) is 23.4 Å². The van der Waals surface area contributed by atoms with E-state index in [9.17, 15) is 9.59 Å². The van der Waals surface area contributed by atoms with E-state index in [0.29, 0.717) is 22.7 Å². The van der Waals surface area contributed by atoms with Gasteiger partial charge in [-0.3, -0.25) is 9.59 Å². The van der Waals surface area contributed by atoms with Gasteiger partial charge in [0, 0.05) is 15.7 Å². The SMILES string of the molecule is COc1cc(C(C)=O)ccc1O[C@@H](C)C(=O)Nc1cccc(Br)c1. The van der Waals surface area contributed by atoms with Gasteiger partial charge >= 0.3 is 0 Å². The molecule has 2 rings (SSSR count). The molecule has 0 spiro atoms. The van der Waals surface area contributed by atoms with E-state index in [1.165, 1.54) is 14.0 Å². The highest BCUT2D eigenvalue weighted by Crippen LogP contribution is 2.29. The van der Waals surface area contributed by atoms with Crippen LogP contribution in [0.4, 0.5) is 5.69 Å². The van der Waals surface area contributed by atoms with Crippen LogP contribution in [0.1, 0.15) is 24.2 Å². The monoisotopic (exact) mass is 391 g/mol. The Labute approximate surface area is 149 Å². The fraction of sp³-hybridized carbons (Fsp3) is 0.222. The highest BCUT2D eigenvalue weighted by atomic mass is 79.9. The number of halogens is 1. The second-order valence-electron chi connectivity index (χ2n) is 5.18. The van der Waals surface area contributed by atoms with Gasteiger partial charge in [0.1, 0.15) is 0 Å². The lowest BCUT2D eigenvalue weighted by Gasteiger charge is -2.17. The summed E-state index contributed by atoms with van der Waals surface area (Å²) in [5.74, 6) is 0.454. The number of ketones is 1. The largest absolute Gasteiger partial charge is 0.493 e. The topological polar surface area (TPSA) is 64.6 Å². The highest BCUT2D eigenvalue weighted by molar-refractivity contribution is 9.10. The van der Waals surface area contributed by atoms with Crippen molar-refractivity contribution in [1.82, 2.24) is 0 Å². The number of rotatable bonds is 6. The molecular weight excluding hydrogens is 374 g/mol. The number of carbonyl (C=O) groups is 2. The van der Waals surface area contributed by atoms with Gasteiger partial charge in [0.05, 0.1) is 7.11 Å². The Bertz CT molecular complexity index is 760. The maximum absolute atomic E-state index is 12.3. The number of ether oxygens (including phenoxy) is 2. The molecule has 0 aliphatic rings. The van der Waals surface area contributed by atoms with Crippen molar-refractivity contribution in [2.75, 3.05) is 12.4 Å². The lowest BCUT2D eigenvalue weighted by molar-refractivity contribution is -0.122. The Kier molecular flexibility index (Phi) is 5.98. The van der Waals surface area contributed by atoms with Crippen molar-refractivity contribution in [1.29, 1.82) is 0 Å². The number of hydrogen-bond donors (Lipinski definition) is 1. The van der Waals surface area contributed by atoms with Gasteiger partial charge in [-0.25, -0.2) is 0 Å². The first-order valence-corrected chi connectivity index (χ1v) is 8.12. The molecule has 5 nitrogen and oxygen atoms in total. The van der Waals surface area contributed by atoms with Crippen LogP contribution in [0.5, 0.6) is 11.5 Å². The number of carbonyl (C=O) groups excluding carboxylic acids is 2. The third-order valence-corrected chi connectivity index (χ3v) is 3.83. The van der Waals surface area contributed by atoms with E-state index < -0.39 is 6.10 Å². The molecule has 1 N–H and O–H groups in total. The van der Waals surface area contributed by atoms with E-state index >= 15 is 0 Å². The average molecular weight is 392 g/mol. The summed E-state index contributed by atoms with van der Waals surface area (Å²) in [5, 5.41) is 2.78. The normalized spacial score (nSPS) is 11.5. The third-order valence-electron chi connectivity index (χ3n) is 3.34. The van der Waals surface area contributed by atoms with E-state index in [4.69, 9.17) is 9.47 Å². The van der Waals surface area contributed by atoms with Gasteiger partial charge in [-0.1, -0.05) is 22.0 Å². The minimum Gasteiger partial charge on any atom is -0.493 e. The van der Waals surface area contributed by atoms with Crippen molar-refractivity contribution in [2.45, 2.75) is 20.0 Å². The number of hydrogen-bond acceptors (Lipinski definition) is 4. The number of methoxy groups -OCH3 is 1. The molecule has 0 fully saturated rings. The molecule has 0 saturated heterocycles. The zero-order valence-corrected chi connectivity index (χ0v) is 15.2. The van der Waals surface area contributed by atoms with Crippen LogP contribution < -0.4 is 14.8 Å². The second-order valence-corrected chi connectivity index (χ2v) is 6.10. The summed E-state index contributed by atoms with van der Waals surface area (Å²) in [4.78, 5) is 23.7. The zero-order chi connectivity index (χ0) is 17.7. The summed E-state index contributed by atoms with van der Waals surface area (Å²) in [6.45, 7) is 3.12. The molecular formula is C18H18BrNO4. The number of nitrogens with one attached hydrogen (secondary N) is 1. The van der Waals surface area contributed by atoms with E-state index in [0.717, 1.165) is 4.47 Å². The van der Waals surface area contributed by atoms with Crippen molar-refractivity contribution >= 4 is 33.3 Å². The molecule has 0 saturated carbocycles. The van der Waals surface area contributed by atoms with Crippen LogP contribution in [0.25, 0.3) is 0 Å². The Balaban J connectivity index is 2.09. The summed E-state index contributed by atoms with van der Waals surface area (Å²) in [6, 6.07) is 12.1. The zero-order valence-electron chi connectivity index (χ0n) is 13.6. The molecule has 0 aromatic heterocycles. The first kappa shape index (κ1) is 18.0. The van der Waals surface area contributed by atoms with Crippen LogP contribution in [0, 0.1) is 0 Å². The summed E-state index contributed by atoms with van der Waals surface area (Å²) >= 11 is 3.35. The molecule has 0 aliphatic heterocycles. The standard InChI is InChI=1S/C18H18BrNO4/c1-11(21)13-7-8-16(17(9-13)23-3)24-12(2)18(22)20-15-6-4-5-14(19)10-15/h4-10,12H,1-3H3,(H,20,22)/t12-/m0/s1. The summed E-state index contributed by atoms with van der Waals surface area (Å²) in [7, 11) is 1.48. The van der Waals surface area contributed by atoms with Crippen molar-refractivity contribution in [3.63, 3.8) is 0 Å². The van der Waals surface area contributed by atoms with Gasteiger partial charge in [-0.2, -0.15) is 0 Å². The van der Waals surface area contributed by atoms with E-state index in [1.807, 2.05) is 12.1 Å². The lowest BCUT2D eigenvalue weighted by Crippen LogP contribution is -2.30. The molecule has 24 heavy (non-hydrogen) atoms. The molecule has 1 atom stereocenters. The Morgan fingerprint density at radius 3 is 2.50 bits per heavy atom. The molecule has 2 aromatic rings. The van der Waals surface area contributed by atoms with Crippen molar-refractivity contribution in [3.8, 4) is 11.5 Å². The predicted molar refractivity (Wildman–Crippen MR) is 95.9 cm³/mol. The average Bonchev–Trinajstić information content (AvgIpc) is 2.54. The first-order valence-electron chi connectivity index (χ1n) is 7.32. The van der Waals surface area contributed by atoms with Crippen molar-refractivity contribution in [2.24, 2.45) is 0 Å². The lowest BCUT2D eigenvalue weighted by atomic mass is 10.1. The maximum Gasteiger partial charge on any atom is 0.265 e. The second kappa shape index (κ2) is 7.97. The molecule has 0 aliphatic carbocycles. The minimum absolute atomic E-state index is 0.0692. The molecule has 0 heterocycles. The van der Waals surface area contributed by atoms with Crippen molar-refractivity contribution in [3.05, 3.63) is 52.5 Å². The van der Waals surface area contributed by atoms with Crippen LogP contribution in [0.2, 0.25) is 0 Å². The third kappa shape index (κ3) is 4.58. The molecule has 6 heteroatoms. The van der Waals surface area contributed by atoms with Gasteiger partial charge in [-0.15, -0.1) is 0 Å². The van der Waals surface area contributed by atoms with Gasteiger partial charge in [0.2, 0.25) is 0 Å². The highest BCUT2D eigenvalue weighted by Gasteiger charge is 2.18. The Morgan fingerprint density at radius 1 is 1.12 bits per heavy atom. The van der Waals surface area contributed by atoms with Crippen LogP contribution in [-0.2, 0) is 4.79 Å². The Hall–Kier alpha value is -2.34. The molecule has 0 radical (unpaired) electrons. The number of amides is 1. The maximum atomic E-state index is 12.3. The minimum atomic E-state index is -0.735. The van der Waals surface area contributed by atoms with E-state index in [-0.39, 0.29) is 11.7 Å². The molecule has 2 aromatic carbocycles. The molecule has 0 unspecified atom stereocenters. The molecule has 0 bridgehead atoms. The van der Waals surface area contributed by atoms with E-state index in [1.54, 1.807) is 37.3 Å². The first-order chi connectivity index (χ1) is 11.4. The van der Waals surface area contributed by atoms with Crippen LogP contribution in [0.15, 0.2) is 46.9 Å². The van der Waals surface area contributed by atoms with E-state index in [2.05, 4.69) is 21.2 Å². The smallest absolute Gasteiger partial charge is 0.265 e. The fourth-order valence-corrected chi connectivity index (χ4v) is 2.44.